The Morgan fingerprint density at radius 1 is 0.828 bits per heavy atom. The Labute approximate surface area is 171 Å². The van der Waals surface area contributed by atoms with Gasteiger partial charge in [-0.3, -0.25) is 4.72 Å². The molecule has 0 atom stereocenters. The van der Waals surface area contributed by atoms with Gasteiger partial charge >= 0.3 is 0 Å². The summed E-state index contributed by atoms with van der Waals surface area (Å²) in [6, 6.07) is 23.8. The van der Waals surface area contributed by atoms with Gasteiger partial charge in [-0.25, -0.2) is 18.4 Å². The molecule has 0 saturated carbocycles. The van der Waals surface area contributed by atoms with Crippen LogP contribution < -0.4 is 4.72 Å². The number of aromatic nitrogens is 2. The van der Waals surface area contributed by atoms with Gasteiger partial charge in [0.25, 0.3) is 10.0 Å². The topological polar surface area (TPSA) is 72.0 Å². The van der Waals surface area contributed by atoms with Crippen molar-refractivity contribution in [1.29, 1.82) is 0 Å². The quantitative estimate of drug-likeness (QED) is 0.430. The number of sulfonamides is 1. The van der Waals surface area contributed by atoms with E-state index in [0.717, 1.165) is 31.7 Å². The smallest absolute Gasteiger partial charge is 0.261 e. The summed E-state index contributed by atoms with van der Waals surface area (Å²) >= 11 is 1.51. The summed E-state index contributed by atoms with van der Waals surface area (Å²) in [6.45, 7) is 0. The number of anilines is 1. The molecule has 0 amide bonds. The Kier molecular flexibility index (Phi) is 4.26. The number of nitrogens with one attached hydrogen (secondary N) is 1. The molecule has 5 rings (SSSR count). The molecule has 5 nitrogen and oxygen atoms in total. The third kappa shape index (κ3) is 3.46. The lowest BCUT2D eigenvalue weighted by Crippen LogP contribution is -2.12. The van der Waals surface area contributed by atoms with Crippen molar-refractivity contribution >= 4 is 48.2 Å². The molecule has 142 valence electrons. The van der Waals surface area contributed by atoms with Crippen molar-refractivity contribution in [3.8, 4) is 10.6 Å². The fourth-order valence-corrected chi connectivity index (χ4v) is 5.13. The molecule has 0 aliphatic carbocycles. The second kappa shape index (κ2) is 6.95. The molecule has 1 N–H and O–H groups in total. The molecule has 0 saturated heterocycles. The van der Waals surface area contributed by atoms with Crippen LogP contribution in [0.25, 0.3) is 31.7 Å². The number of benzene rings is 3. The van der Waals surface area contributed by atoms with Crippen LogP contribution >= 0.6 is 11.3 Å². The van der Waals surface area contributed by atoms with E-state index in [0.29, 0.717) is 5.69 Å². The van der Waals surface area contributed by atoms with E-state index in [4.69, 9.17) is 0 Å². The molecular weight excluding hydrogens is 402 g/mol. The van der Waals surface area contributed by atoms with Gasteiger partial charge in [-0.05, 0) is 59.3 Å². The molecule has 0 bridgehead atoms. The Morgan fingerprint density at radius 2 is 1.62 bits per heavy atom. The zero-order chi connectivity index (χ0) is 19.8. The molecule has 0 aliphatic heterocycles. The van der Waals surface area contributed by atoms with Gasteiger partial charge in [0.1, 0.15) is 15.4 Å². The highest BCUT2D eigenvalue weighted by Crippen LogP contribution is 2.30. The molecule has 29 heavy (non-hydrogen) atoms. The van der Waals surface area contributed by atoms with E-state index >= 15 is 0 Å². The van der Waals surface area contributed by atoms with Crippen molar-refractivity contribution < 1.29 is 8.42 Å². The van der Waals surface area contributed by atoms with Crippen molar-refractivity contribution in [2.75, 3.05) is 4.72 Å². The minimum Gasteiger partial charge on any atom is -0.280 e. The summed E-state index contributed by atoms with van der Waals surface area (Å²) in [5, 5.41) is 2.74. The Hall–Kier alpha value is -3.29. The van der Waals surface area contributed by atoms with Crippen molar-refractivity contribution in [2.24, 2.45) is 0 Å². The molecule has 0 aliphatic rings. The minimum absolute atomic E-state index is 0.234. The van der Waals surface area contributed by atoms with Crippen LogP contribution in [0.15, 0.2) is 90.0 Å². The van der Waals surface area contributed by atoms with Crippen LogP contribution in [0.3, 0.4) is 0 Å². The van der Waals surface area contributed by atoms with Gasteiger partial charge in [0.15, 0.2) is 0 Å². The molecule has 7 heteroatoms. The lowest BCUT2D eigenvalue weighted by molar-refractivity contribution is 0.601. The van der Waals surface area contributed by atoms with Gasteiger partial charge < -0.3 is 0 Å². The Morgan fingerprint density at radius 3 is 2.41 bits per heavy atom. The number of hydrogen-bond acceptors (Lipinski definition) is 5. The molecule has 3 aromatic carbocycles. The van der Waals surface area contributed by atoms with Crippen LogP contribution in [0.4, 0.5) is 5.69 Å². The van der Waals surface area contributed by atoms with Crippen LogP contribution in [0.5, 0.6) is 0 Å². The number of fused-ring (bicyclic) bond motifs is 2. The second-order valence-electron chi connectivity index (χ2n) is 6.54. The summed E-state index contributed by atoms with van der Waals surface area (Å²) in [4.78, 5) is 10.0. The lowest BCUT2D eigenvalue weighted by atomic mass is 10.1. The molecule has 2 aromatic heterocycles. The number of rotatable bonds is 4. The zero-order valence-corrected chi connectivity index (χ0v) is 16.7. The van der Waals surface area contributed by atoms with Gasteiger partial charge in [-0.15, -0.1) is 0 Å². The highest BCUT2D eigenvalue weighted by molar-refractivity contribution is 7.92. The number of pyridine rings is 1. The number of nitrogens with zero attached hydrogens (tertiary/aromatic N) is 2. The molecule has 0 spiro atoms. The SMILES string of the molecule is O=S(=O)(Nc1ccc(-c2nc3cccnc3s2)cc1)c1ccc2ccccc2c1. The van der Waals surface area contributed by atoms with Crippen LogP contribution in [-0.2, 0) is 10.0 Å². The lowest BCUT2D eigenvalue weighted by Gasteiger charge is -2.09. The van der Waals surface area contributed by atoms with Crippen molar-refractivity contribution in [3.05, 3.63) is 85.1 Å². The highest BCUT2D eigenvalue weighted by atomic mass is 32.2. The minimum atomic E-state index is -3.68. The molecule has 5 aromatic rings. The van der Waals surface area contributed by atoms with Gasteiger partial charge in [0.05, 0.1) is 4.90 Å². The van der Waals surface area contributed by atoms with E-state index in [2.05, 4.69) is 14.7 Å². The third-order valence-corrected chi connectivity index (χ3v) is 6.99. The highest BCUT2D eigenvalue weighted by Gasteiger charge is 2.15. The maximum Gasteiger partial charge on any atom is 0.261 e. The molecule has 2 heterocycles. The average Bonchev–Trinajstić information content (AvgIpc) is 3.18. The van der Waals surface area contributed by atoms with Crippen LogP contribution in [0, 0.1) is 0 Å². The average molecular weight is 418 g/mol. The van der Waals surface area contributed by atoms with E-state index < -0.39 is 10.0 Å². The van der Waals surface area contributed by atoms with E-state index in [9.17, 15) is 8.42 Å². The monoisotopic (exact) mass is 417 g/mol. The van der Waals surface area contributed by atoms with Crippen LogP contribution in [0.1, 0.15) is 0 Å². The van der Waals surface area contributed by atoms with Crippen molar-refractivity contribution in [2.45, 2.75) is 4.90 Å². The number of thiazole rings is 1. The van der Waals surface area contributed by atoms with Gasteiger partial charge in [-0.1, -0.05) is 41.7 Å². The summed E-state index contributed by atoms with van der Waals surface area (Å²) in [5.41, 5.74) is 2.27. The Balaban J connectivity index is 1.42. The third-order valence-electron chi connectivity index (χ3n) is 4.58. The fraction of sp³-hybridized carbons (Fsp3) is 0. The van der Waals surface area contributed by atoms with Gasteiger partial charge in [-0.2, -0.15) is 0 Å². The maximum absolute atomic E-state index is 12.8. The first-order valence-electron chi connectivity index (χ1n) is 8.92. The summed E-state index contributed by atoms with van der Waals surface area (Å²) in [6.07, 6.45) is 1.75. The summed E-state index contributed by atoms with van der Waals surface area (Å²) in [5.74, 6) is 0. The van der Waals surface area contributed by atoms with E-state index in [1.54, 1.807) is 30.5 Å². The molecular formula is C22H15N3O2S2. The second-order valence-corrected chi connectivity index (χ2v) is 9.20. The first-order valence-corrected chi connectivity index (χ1v) is 11.2. The summed E-state index contributed by atoms with van der Waals surface area (Å²) < 4.78 is 28.2. The first kappa shape index (κ1) is 17.8. The predicted octanol–water partition coefficient (Wildman–Crippen LogP) is 5.31. The van der Waals surface area contributed by atoms with Crippen molar-refractivity contribution in [1.82, 2.24) is 9.97 Å². The van der Waals surface area contributed by atoms with E-state index in [1.807, 2.05) is 54.6 Å². The standard InChI is InChI=1S/C22H15N3O2S2/c26-29(27,19-12-9-15-4-1-2-5-17(15)14-19)25-18-10-7-16(8-11-18)21-24-20-6-3-13-23-22(20)28-21/h1-14,25H. The zero-order valence-electron chi connectivity index (χ0n) is 15.1. The molecule has 0 radical (unpaired) electrons. The van der Waals surface area contributed by atoms with Crippen molar-refractivity contribution in [3.63, 3.8) is 0 Å². The normalized spacial score (nSPS) is 11.7. The Bertz CT molecular complexity index is 1410. The fourth-order valence-electron chi connectivity index (χ4n) is 3.12. The van der Waals surface area contributed by atoms with Gasteiger partial charge in [0, 0.05) is 17.4 Å². The molecule has 0 unspecified atom stereocenters. The number of hydrogen-bond donors (Lipinski definition) is 1. The maximum atomic E-state index is 12.8. The van der Waals surface area contributed by atoms with Crippen LogP contribution in [0.2, 0.25) is 0 Å². The van der Waals surface area contributed by atoms with Crippen LogP contribution in [-0.4, -0.2) is 18.4 Å². The first-order chi connectivity index (χ1) is 14.1. The summed E-state index contributed by atoms with van der Waals surface area (Å²) in [7, 11) is -3.68. The predicted molar refractivity (Wildman–Crippen MR) is 118 cm³/mol. The largest absolute Gasteiger partial charge is 0.280 e. The van der Waals surface area contributed by atoms with E-state index in [1.165, 1.54) is 11.3 Å². The van der Waals surface area contributed by atoms with E-state index in [-0.39, 0.29) is 4.90 Å². The van der Waals surface area contributed by atoms with Gasteiger partial charge in [0.2, 0.25) is 0 Å². The molecule has 0 fully saturated rings.